The van der Waals surface area contributed by atoms with E-state index in [1.807, 2.05) is 6.20 Å². The number of aryl methyl sites for hydroxylation is 1. The summed E-state index contributed by atoms with van der Waals surface area (Å²) in [5, 5.41) is 4.15. The zero-order valence-corrected chi connectivity index (χ0v) is 9.85. The minimum atomic E-state index is -0.644. The van der Waals surface area contributed by atoms with Crippen LogP contribution in [0.5, 0.6) is 0 Å². The van der Waals surface area contributed by atoms with Crippen LogP contribution in [0.2, 0.25) is 0 Å². The molecule has 1 atom stereocenters. The van der Waals surface area contributed by atoms with Gasteiger partial charge in [0.05, 0.1) is 19.3 Å². The second-order valence-electron chi connectivity index (χ2n) is 3.68. The molecular weight excluding hydrogens is 206 g/mol. The topological polar surface area (TPSA) is 70.1 Å². The van der Waals surface area contributed by atoms with Crippen LogP contribution in [0, 0.1) is 0 Å². The Hall–Kier alpha value is -1.36. The fourth-order valence-corrected chi connectivity index (χ4v) is 1.45. The molecule has 16 heavy (non-hydrogen) atoms. The second kappa shape index (κ2) is 6.27. The van der Waals surface area contributed by atoms with Gasteiger partial charge in [-0.2, -0.15) is 5.10 Å². The van der Waals surface area contributed by atoms with Crippen molar-refractivity contribution in [3.63, 3.8) is 0 Å². The van der Waals surface area contributed by atoms with Crippen LogP contribution in [0.25, 0.3) is 0 Å². The van der Waals surface area contributed by atoms with Crippen LogP contribution in [0.1, 0.15) is 25.8 Å². The van der Waals surface area contributed by atoms with E-state index in [0.29, 0.717) is 13.2 Å². The molecule has 1 aromatic rings. The first-order chi connectivity index (χ1) is 7.67. The Kier molecular flexibility index (Phi) is 4.98. The van der Waals surface area contributed by atoms with Crippen LogP contribution in [-0.4, -0.2) is 28.4 Å². The maximum Gasteiger partial charge on any atom is 0.324 e. The smallest absolute Gasteiger partial charge is 0.324 e. The van der Waals surface area contributed by atoms with Crippen molar-refractivity contribution in [3.05, 3.63) is 18.0 Å². The van der Waals surface area contributed by atoms with Gasteiger partial charge in [-0.1, -0.05) is 13.3 Å². The largest absolute Gasteiger partial charge is 0.465 e. The van der Waals surface area contributed by atoms with Gasteiger partial charge in [-0.25, -0.2) is 0 Å². The summed E-state index contributed by atoms with van der Waals surface area (Å²) >= 11 is 0. The average molecular weight is 225 g/mol. The summed E-state index contributed by atoms with van der Waals surface area (Å²) in [5.41, 5.74) is 6.85. The highest BCUT2D eigenvalue weighted by Gasteiger charge is 2.15. The number of carbonyl (C=O) groups is 1. The zero-order chi connectivity index (χ0) is 12.0. The molecule has 0 aliphatic heterocycles. The fourth-order valence-electron chi connectivity index (χ4n) is 1.45. The maximum absolute atomic E-state index is 11.3. The van der Waals surface area contributed by atoms with Gasteiger partial charge in [-0.15, -0.1) is 0 Å². The van der Waals surface area contributed by atoms with Crippen molar-refractivity contribution in [2.24, 2.45) is 5.73 Å². The van der Waals surface area contributed by atoms with E-state index < -0.39 is 6.04 Å². The van der Waals surface area contributed by atoms with Crippen molar-refractivity contribution in [2.75, 3.05) is 6.61 Å². The molecule has 1 heterocycles. The van der Waals surface area contributed by atoms with Crippen LogP contribution in [-0.2, 0) is 22.5 Å². The van der Waals surface area contributed by atoms with Crippen LogP contribution in [0.15, 0.2) is 12.4 Å². The quantitative estimate of drug-likeness (QED) is 0.724. The SMILES string of the molecule is CCCc1cnn(CC(N)C(=O)OCC)c1. The summed E-state index contributed by atoms with van der Waals surface area (Å²) in [7, 11) is 0. The second-order valence-corrected chi connectivity index (χ2v) is 3.68. The molecule has 0 fully saturated rings. The molecule has 5 nitrogen and oxygen atoms in total. The molecule has 1 unspecified atom stereocenters. The summed E-state index contributed by atoms with van der Waals surface area (Å²) in [6.07, 6.45) is 5.80. The lowest BCUT2D eigenvalue weighted by Crippen LogP contribution is -2.36. The van der Waals surface area contributed by atoms with Gasteiger partial charge in [-0.3, -0.25) is 9.48 Å². The maximum atomic E-state index is 11.3. The zero-order valence-electron chi connectivity index (χ0n) is 9.85. The van der Waals surface area contributed by atoms with Crippen molar-refractivity contribution >= 4 is 5.97 Å². The fraction of sp³-hybridized carbons (Fsp3) is 0.636. The van der Waals surface area contributed by atoms with Gasteiger partial charge in [0.1, 0.15) is 6.04 Å². The molecule has 1 rings (SSSR count). The molecule has 90 valence electrons. The van der Waals surface area contributed by atoms with E-state index >= 15 is 0 Å². The molecule has 0 spiro atoms. The van der Waals surface area contributed by atoms with Gasteiger partial charge < -0.3 is 10.5 Å². The standard InChI is InChI=1S/C11H19N3O2/c1-3-5-9-6-13-14(7-9)8-10(12)11(15)16-4-2/h6-7,10H,3-5,8,12H2,1-2H3. The van der Waals surface area contributed by atoms with Crippen molar-refractivity contribution in [1.82, 2.24) is 9.78 Å². The van der Waals surface area contributed by atoms with Gasteiger partial charge >= 0.3 is 5.97 Å². The number of hydrogen-bond donors (Lipinski definition) is 1. The summed E-state index contributed by atoms with van der Waals surface area (Å²) in [4.78, 5) is 11.3. The molecule has 0 bridgehead atoms. The lowest BCUT2D eigenvalue weighted by molar-refractivity contribution is -0.145. The normalized spacial score (nSPS) is 12.4. The summed E-state index contributed by atoms with van der Waals surface area (Å²) in [6, 6.07) is -0.644. The Morgan fingerprint density at radius 2 is 2.38 bits per heavy atom. The first kappa shape index (κ1) is 12.7. The molecule has 0 radical (unpaired) electrons. The van der Waals surface area contributed by atoms with Gasteiger partial charge in [0, 0.05) is 6.20 Å². The third kappa shape index (κ3) is 3.66. The number of carbonyl (C=O) groups excluding carboxylic acids is 1. The first-order valence-corrected chi connectivity index (χ1v) is 5.60. The number of nitrogens with two attached hydrogens (primary N) is 1. The molecule has 0 aromatic carbocycles. The van der Waals surface area contributed by atoms with E-state index in [1.54, 1.807) is 17.8 Å². The number of esters is 1. The highest BCUT2D eigenvalue weighted by molar-refractivity contribution is 5.75. The Bertz CT molecular complexity index is 336. The van der Waals surface area contributed by atoms with Gasteiger partial charge in [0.15, 0.2) is 0 Å². The van der Waals surface area contributed by atoms with E-state index in [4.69, 9.17) is 10.5 Å². The summed E-state index contributed by atoms with van der Waals surface area (Å²) in [6.45, 7) is 4.59. The monoisotopic (exact) mass is 225 g/mol. The average Bonchev–Trinajstić information content (AvgIpc) is 2.66. The molecule has 1 aromatic heterocycles. The van der Waals surface area contributed by atoms with Gasteiger partial charge in [-0.05, 0) is 18.9 Å². The molecule has 5 heteroatoms. The predicted molar refractivity (Wildman–Crippen MR) is 60.8 cm³/mol. The molecule has 0 aliphatic rings. The molecule has 0 saturated carbocycles. The van der Waals surface area contributed by atoms with Crippen molar-refractivity contribution in [1.29, 1.82) is 0 Å². The lowest BCUT2D eigenvalue weighted by Gasteiger charge is -2.10. The van der Waals surface area contributed by atoms with Crippen LogP contribution in [0.3, 0.4) is 0 Å². The third-order valence-electron chi connectivity index (χ3n) is 2.20. The number of aromatic nitrogens is 2. The predicted octanol–water partition coefficient (Wildman–Crippen LogP) is 0.726. The highest BCUT2D eigenvalue weighted by atomic mass is 16.5. The Morgan fingerprint density at radius 1 is 1.62 bits per heavy atom. The summed E-state index contributed by atoms with van der Waals surface area (Å²) in [5.74, 6) is -0.380. The van der Waals surface area contributed by atoms with Gasteiger partial charge in [0.25, 0.3) is 0 Å². The van der Waals surface area contributed by atoms with Crippen LogP contribution in [0.4, 0.5) is 0 Å². The Balaban J connectivity index is 2.48. The van der Waals surface area contributed by atoms with E-state index in [-0.39, 0.29) is 5.97 Å². The van der Waals surface area contributed by atoms with E-state index in [1.165, 1.54) is 5.56 Å². The molecule has 0 aliphatic carbocycles. The van der Waals surface area contributed by atoms with Crippen LogP contribution < -0.4 is 5.73 Å². The summed E-state index contributed by atoms with van der Waals surface area (Å²) < 4.78 is 6.51. The lowest BCUT2D eigenvalue weighted by atomic mass is 10.2. The molecule has 2 N–H and O–H groups in total. The van der Waals surface area contributed by atoms with Gasteiger partial charge in [0.2, 0.25) is 0 Å². The van der Waals surface area contributed by atoms with Crippen molar-refractivity contribution < 1.29 is 9.53 Å². The Labute approximate surface area is 95.6 Å². The van der Waals surface area contributed by atoms with Crippen LogP contribution >= 0.6 is 0 Å². The third-order valence-corrected chi connectivity index (χ3v) is 2.20. The number of rotatable bonds is 6. The minimum Gasteiger partial charge on any atom is -0.465 e. The van der Waals surface area contributed by atoms with E-state index in [0.717, 1.165) is 12.8 Å². The first-order valence-electron chi connectivity index (χ1n) is 5.60. The number of ether oxygens (including phenoxy) is 1. The van der Waals surface area contributed by atoms with E-state index in [9.17, 15) is 4.79 Å². The Morgan fingerprint density at radius 3 is 3.00 bits per heavy atom. The van der Waals surface area contributed by atoms with Crippen molar-refractivity contribution in [3.8, 4) is 0 Å². The van der Waals surface area contributed by atoms with E-state index in [2.05, 4.69) is 12.0 Å². The number of nitrogens with zero attached hydrogens (tertiary/aromatic N) is 2. The molecular formula is C11H19N3O2. The minimum absolute atomic E-state index is 0.354. The van der Waals surface area contributed by atoms with Crippen molar-refractivity contribution in [2.45, 2.75) is 39.3 Å². The molecule has 0 amide bonds. The number of hydrogen-bond acceptors (Lipinski definition) is 4. The highest BCUT2D eigenvalue weighted by Crippen LogP contribution is 2.02. The molecule has 0 saturated heterocycles.